The Morgan fingerprint density at radius 2 is 1.85 bits per heavy atom. The average Bonchev–Trinajstić information content (AvgIpc) is 2.79. The monoisotopic (exact) mass is 275 g/mol. The van der Waals surface area contributed by atoms with Crippen LogP contribution in [-0.4, -0.2) is 13.2 Å². The molecule has 1 aromatic carbocycles. The van der Waals surface area contributed by atoms with Gasteiger partial charge in [0.2, 0.25) is 0 Å². The maximum atomic E-state index is 5.67. The zero-order chi connectivity index (χ0) is 14.8. The summed E-state index contributed by atoms with van der Waals surface area (Å²) in [7, 11) is 0. The fraction of sp³-hybridized carbons (Fsp3) is 0.667. The zero-order valence-electron chi connectivity index (χ0n) is 13.6. The van der Waals surface area contributed by atoms with Gasteiger partial charge in [-0.1, -0.05) is 46.8 Å². The van der Waals surface area contributed by atoms with Crippen LogP contribution in [0.1, 0.15) is 46.6 Å². The summed E-state index contributed by atoms with van der Waals surface area (Å²) in [5, 5.41) is 3.60. The van der Waals surface area contributed by atoms with E-state index in [4.69, 9.17) is 4.74 Å². The lowest BCUT2D eigenvalue weighted by Gasteiger charge is -2.09. The molecule has 1 aliphatic carbocycles. The van der Waals surface area contributed by atoms with Crippen LogP contribution in [0.4, 0.5) is 0 Å². The predicted octanol–water partition coefficient (Wildman–Crippen LogP) is 4.25. The van der Waals surface area contributed by atoms with Crippen LogP contribution in [-0.2, 0) is 6.54 Å². The molecule has 2 heteroatoms. The van der Waals surface area contributed by atoms with E-state index in [9.17, 15) is 0 Å². The van der Waals surface area contributed by atoms with E-state index in [1.165, 1.54) is 5.56 Å². The standard InChI is InChI=1S/C18H29NO/c1-6-10-20-15-9-7-8-14(11-15)12-19-13-16-17(2,3)18(16,4)5/h7-9,11,16,19H,6,10,12-13H2,1-5H3. The van der Waals surface area contributed by atoms with Crippen molar-refractivity contribution in [2.75, 3.05) is 13.2 Å². The van der Waals surface area contributed by atoms with Gasteiger partial charge in [-0.3, -0.25) is 0 Å². The van der Waals surface area contributed by atoms with E-state index >= 15 is 0 Å². The highest BCUT2D eigenvalue weighted by atomic mass is 16.5. The third-order valence-corrected chi connectivity index (χ3v) is 5.37. The molecule has 0 aliphatic heterocycles. The molecule has 0 radical (unpaired) electrons. The van der Waals surface area contributed by atoms with Crippen molar-refractivity contribution >= 4 is 0 Å². The Morgan fingerprint density at radius 1 is 1.15 bits per heavy atom. The molecular weight excluding hydrogens is 246 g/mol. The lowest BCUT2D eigenvalue weighted by atomic mass is 10.0. The van der Waals surface area contributed by atoms with Crippen molar-refractivity contribution in [3.05, 3.63) is 29.8 Å². The molecule has 1 aliphatic rings. The summed E-state index contributed by atoms with van der Waals surface area (Å²) in [5.41, 5.74) is 2.23. The Morgan fingerprint density at radius 3 is 2.45 bits per heavy atom. The van der Waals surface area contributed by atoms with Crippen molar-refractivity contribution in [3.63, 3.8) is 0 Å². The van der Waals surface area contributed by atoms with E-state index in [1.807, 2.05) is 6.07 Å². The maximum absolute atomic E-state index is 5.67. The molecule has 0 bridgehead atoms. The molecule has 0 spiro atoms. The molecular formula is C18H29NO. The number of hydrogen-bond acceptors (Lipinski definition) is 2. The van der Waals surface area contributed by atoms with Gasteiger partial charge in [0.1, 0.15) is 5.75 Å². The summed E-state index contributed by atoms with van der Waals surface area (Å²) in [5.74, 6) is 1.76. The van der Waals surface area contributed by atoms with E-state index in [-0.39, 0.29) is 0 Å². The SMILES string of the molecule is CCCOc1cccc(CNCC2C(C)(C)C2(C)C)c1. The third-order valence-electron chi connectivity index (χ3n) is 5.37. The molecule has 1 fully saturated rings. The highest BCUT2D eigenvalue weighted by molar-refractivity contribution is 5.28. The second kappa shape index (κ2) is 5.77. The second-order valence-corrected chi connectivity index (χ2v) is 7.12. The largest absolute Gasteiger partial charge is 0.494 e. The molecule has 0 atom stereocenters. The fourth-order valence-corrected chi connectivity index (χ4v) is 3.17. The van der Waals surface area contributed by atoms with Gasteiger partial charge in [-0.2, -0.15) is 0 Å². The van der Waals surface area contributed by atoms with Crippen molar-refractivity contribution < 1.29 is 4.74 Å². The average molecular weight is 275 g/mol. The van der Waals surface area contributed by atoms with E-state index < -0.39 is 0 Å². The number of nitrogens with one attached hydrogen (secondary N) is 1. The minimum Gasteiger partial charge on any atom is -0.494 e. The normalized spacial score (nSPS) is 19.9. The summed E-state index contributed by atoms with van der Waals surface area (Å²) < 4.78 is 5.67. The van der Waals surface area contributed by atoms with Crippen LogP contribution < -0.4 is 10.1 Å². The zero-order valence-corrected chi connectivity index (χ0v) is 13.6. The minimum atomic E-state index is 0.464. The lowest BCUT2D eigenvalue weighted by molar-refractivity contribution is 0.317. The van der Waals surface area contributed by atoms with Gasteiger partial charge in [0.25, 0.3) is 0 Å². The quantitative estimate of drug-likeness (QED) is 0.803. The van der Waals surface area contributed by atoms with Crippen molar-refractivity contribution in [3.8, 4) is 5.75 Å². The molecule has 112 valence electrons. The molecule has 0 heterocycles. The molecule has 0 amide bonds. The Hall–Kier alpha value is -1.02. The van der Waals surface area contributed by atoms with Crippen LogP contribution in [0.15, 0.2) is 24.3 Å². The van der Waals surface area contributed by atoms with Crippen LogP contribution in [0.5, 0.6) is 5.75 Å². The van der Waals surface area contributed by atoms with Gasteiger partial charge in [0.05, 0.1) is 6.61 Å². The molecule has 0 aromatic heterocycles. The Labute approximate surface area is 123 Å². The van der Waals surface area contributed by atoms with E-state index in [0.717, 1.165) is 37.8 Å². The van der Waals surface area contributed by atoms with Gasteiger partial charge in [0.15, 0.2) is 0 Å². The summed E-state index contributed by atoms with van der Waals surface area (Å²) in [4.78, 5) is 0. The first-order valence-electron chi connectivity index (χ1n) is 7.82. The van der Waals surface area contributed by atoms with Gasteiger partial charge >= 0.3 is 0 Å². The molecule has 2 rings (SSSR count). The molecule has 20 heavy (non-hydrogen) atoms. The van der Waals surface area contributed by atoms with Crippen molar-refractivity contribution in [1.82, 2.24) is 5.32 Å². The molecule has 1 aromatic rings. The number of hydrogen-bond donors (Lipinski definition) is 1. The summed E-state index contributed by atoms with van der Waals surface area (Å²) >= 11 is 0. The minimum absolute atomic E-state index is 0.464. The molecule has 2 nitrogen and oxygen atoms in total. The fourth-order valence-electron chi connectivity index (χ4n) is 3.17. The van der Waals surface area contributed by atoms with Crippen LogP contribution in [0.25, 0.3) is 0 Å². The topological polar surface area (TPSA) is 21.3 Å². The molecule has 1 N–H and O–H groups in total. The van der Waals surface area contributed by atoms with Crippen molar-refractivity contribution in [1.29, 1.82) is 0 Å². The van der Waals surface area contributed by atoms with Crippen molar-refractivity contribution in [2.45, 2.75) is 47.6 Å². The van der Waals surface area contributed by atoms with Crippen LogP contribution >= 0.6 is 0 Å². The van der Waals surface area contributed by atoms with Crippen LogP contribution in [0.3, 0.4) is 0 Å². The summed E-state index contributed by atoms with van der Waals surface area (Å²) in [6.07, 6.45) is 1.05. The van der Waals surface area contributed by atoms with Crippen LogP contribution in [0.2, 0.25) is 0 Å². The third kappa shape index (κ3) is 3.01. The van der Waals surface area contributed by atoms with E-state index in [2.05, 4.69) is 58.1 Å². The Kier molecular flexibility index (Phi) is 4.43. The Balaban J connectivity index is 1.80. The first-order valence-corrected chi connectivity index (χ1v) is 7.82. The van der Waals surface area contributed by atoms with Crippen LogP contribution in [0, 0.1) is 16.7 Å². The van der Waals surface area contributed by atoms with Gasteiger partial charge in [0, 0.05) is 6.54 Å². The van der Waals surface area contributed by atoms with Gasteiger partial charge in [-0.25, -0.2) is 0 Å². The molecule has 0 unspecified atom stereocenters. The highest BCUT2D eigenvalue weighted by Gasteiger charge is 2.63. The number of rotatable bonds is 7. The van der Waals surface area contributed by atoms with E-state index in [1.54, 1.807) is 0 Å². The summed E-state index contributed by atoms with van der Waals surface area (Å²) in [6.45, 7) is 14.4. The lowest BCUT2D eigenvalue weighted by Crippen LogP contribution is -2.18. The highest BCUT2D eigenvalue weighted by Crippen LogP contribution is 2.67. The first-order chi connectivity index (χ1) is 9.39. The molecule has 1 saturated carbocycles. The maximum Gasteiger partial charge on any atom is 0.119 e. The number of benzene rings is 1. The van der Waals surface area contributed by atoms with Gasteiger partial charge in [-0.15, -0.1) is 0 Å². The van der Waals surface area contributed by atoms with E-state index in [0.29, 0.717) is 10.8 Å². The second-order valence-electron chi connectivity index (χ2n) is 7.12. The van der Waals surface area contributed by atoms with Gasteiger partial charge < -0.3 is 10.1 Å². The molecule has 0 saturated heterocycles. The smallest absolute Gasteiger partial charge is 0.119 e. The summed E-state index contributed by atoms with van der Waals surface area (Å²) in [6, 6.07) is 8.42. The number of ether oxygens (including phenoxy) is 1. The van der Waals surface area contributed by atoms with Crippen molar-refractivity contribution in [2.24, 2.45) is 16.7 Å². The Bertz CT molecular complexity index is 436. The van der Waals surface area contributed by atoms with Gasteiger partial charge in [-0.05, 0) is 47.4 Å². The first kappa shape index (κ1) is 15.4. The predicted molar refractivity (Wildman–Crippen MR) is 85.0 cm³/mol.